The molecule has 2 aromatic carbocycles. The molecule has 0 radical (unpaired) electrons. The molecule has 0 unspecified atom stereocenters. The van der Waals surface area contributed by atoms with Gasteiger partial charge in [0.1, 0.15) is 12.4 Å². The normalized spacial score (nSPS) is 11.4. The number of nitrogens with zero attached hydrogens (tertiary/aromatic N) is 1. The molecule has 6 nitrogen and oxygen atoms in total. The summed E-state index contributed by atoms with van der Waals surface area (Å²) in [5.41, 5.74) is 1.93. The van der Waals surface area contributed by atoms with Crippen molar-refractivity contribution < 1.29 is 13.2 Å². The Hall–Kier alpha value is -2.80. The molecule has 7 heteroatoms. The van der Waals surface area contributed by atoms with E-state index >= 15 is 0 Å². The van der Waals surface area contributed by atoms with Gasteiger partial charge in [-0.05, 0) is 30.3 Å². The van der Waals surface area contributed by atoms with Crippen LogP contribution in [-0.4, -0.2) is 26.7 Å². The Labute approximate surface area is 145 Å². The minimum Gasteiger partial charge on any atom is -0.489 e. The van der Waals surface area contributed by atoms with Crippen molar-refractivity contribution in [3.8, 4) is 5.75 Å². The smallest absolute Gasteiger partial charge is 0.248 e. The third kappa shape index (κ3) is 3.83. The van der Waals surface area contributed by atoms with E-state index in [1.54, 1.807) is 24.3 Å². The second kappa shape index (κ2) is 6.60. The molecule has 0 bridgehead atoms. The number of hydrogen-bond donors (Lipinski definition) is 1. The van der Waals surface area contributed by atoms with Crippen LogP contribution in [0.25, 0.3) is 10.9 Å². The zero-order valence-corrected chi connectivity index (χ0v) is 14.7. The standard InChI is InChI=1S/C18H18N2O4S/c1-20(25(2,22)23)14-7-9-15(10-8-14)24-12-13-11-18(21)19-17-6-4-3-5-16(13)17/h3-11H,12H2,1-2H3,(H,19,21). The lowest BCUT2D eigenvalue weighted by Crippen LogP contribution is -2.24. The van der Waals surface area contributed by atoms with E-state index in [1.165, 1.54) is 17.4 Å². The predicted molar refractivity (Wildman–Crippen MR) is 98.6 cm³/mol. The number of para-hydroxylation sites is 1. The highest BCUT2D eigenvalue weighted by atomic mass is 32.2. The number of pyridine rings is 1. The fourth-order valence-electron chi connectivity index (χ4n) is 2.50. The topological polar surface area (TPSA) is 79.5 Å². The number of hydrogen-bond acceptors (Lipinski definition) is 4. The van der Waals surface area contributed by atoms with E-state index in [2.05, 4.69) is 4.98 Å². The molecule has 0 aliphatic heterocycles. The average molecular weight is 358 g/mol. The third-order valence-corrected chi connectivity index (χ3v) is 5.13. The minimum absolute atomic E-state index is 0.178. The molecular formula is C18H18N2O4S. The summed E-state index contributed by atoms with van der Waals surface area (Å²) in [5, 5.41) is 0.926. The van der Waals surface area contributed by atoms with Crippen molar-refractivity contribution in [3.63, 3.8) is 0 Å². The van der Waals surface area contributed by atoms with Crippen LogP contribution in [0.15, 0.2) is 59.4 Å². The van der Waals surface area contributed by atoms with Gasteiger partial charge in [0, 0.05) is 29.6 Å². The van der Waals surface area contributed by atoms with Gasteiger partial charge < -0.3 is 9.72 Å². The molecule has 3 rings (SSSR count). The Bertz CT molecular complexity index is 1060. The van der Waals surface area contributed by atoms with Gasteiger partial charge in [-0.25, -0.2) is 8.42 Å². The highest BCUT2D eigenvalue weighted by molar-refractivity contribution is 7.92. The van der Waals surface area contributed by atoms with Crippen molar-refractivity contribution in [1.82, 2.24) is 4.98 Å². The van der Waals surface area contributed by atoms with E-state index in [9.17, 15) is 13.2 Å². The molecule has 1 N–H and O–H groups in total. The first-order valence-corrected chi connectivity index (χ1v) is 9.47. The Kier molecular flexibility index (Phi) is 4.50. The van der Waals surface area contributed by atoms with Gasteiger partial charge in [0.05, 0.1) is 11.9 Å². The highest BCUT2D eigenvalue weighted by Gasteiger charge is 2.11. The Morgan fingerprint density at radius 1 is 1.08 bits per heavy atom. The first-order chi connectivity index (χ1) is 11.8. The molecule has 0 amide bonds. The third-order valence-electron chi connectivity index (χ3n) is 3.93. The fraction of sp³-hybridized carbons (Fsp3) is 0.167. The lowest BCUT2D eigenvalue weighted by atomic mass is 10.1. The maximum Gasteiger partial charge on any atom is 0.248 e. The number of aromatic nitrogens is 1. The summed E-state index contributed by atoms with van der Waals surface area (Å²) in [6.07, 6.45) is 1.15. The largest absolute Gasteiger partial charge is 0.489 e. The van der Waals surface area contributed by atoms with E-state index in [4.69, 9.17) is 4.74 Å². The molecule has 25 heavy (non-hydrogen) atoms. The zero-order chi connectivity index (χ0) is 18.0. The zero-order valence-electron chi connectivity index (χ0n) is 13.9. The number of ether oxygens (including phenoxy) is 1. The summed E-state index contributed by atoms with van der Waals surface area (Å²) in [4.78, 5) is 14.5. The van der Waals surface area contributed by atoms with Crippen LogP contribution < -0.4 is 14.6 Å². The number of benzene rings is 2. The summed E-state index contributed by atoms with van der Waals surface area (Å²) in [5.74, 6) is 0.593. The van der Waals surface area contributed by atoms with Crippen LogP contribution in [0.5, 0.6) is 5.75 Å². The van der Waals surface area contributed by atoms with E-state index in [-0.39, 0.29) is 12.2 Å². The Morgan fingerprint density at radius 3 is 2.44 bits per heavy atom. The number of anilines is 1. The molecule has 0 fully saturated rings. The van der Waals surface area contributed by atoms with Crippen LogP contribution in [0.3, 0.4) is 0 Å². The maximum absolute atomic E-state index is 11.8. The second-order valence-corrected chi connectivity index (χ2v) is 7.73. The van der Waals surface area contributed by atoms with Crippen molar-refractivity contribution in [2.75, 3.05) is 17.6 Å². The first kappa shape index (κ1) is 17.0. The van der Waals surface area contributed by atoms with Gasteiger partial charge >= 0.3 is 0 Å². The van der Waals surface area contributed by atoms with Gasteiger partial charge in [-0.15, -0.1) is 0 Å². The molecule has 0 saturated carbocycles. The monoisotopic (exact) mass is 358 g/mol. The van der Waals surface area contributed by atoms with Gasteiger partial charge in [-0.1, -0.05) is 18.2 Å². The SMILES string of the molecule is CN(c1ccc(OCc2cc(=O)[nH]c3ccccc23)cc1)S(C)(=O)=O. The number of H-pyrrole nitrogens is 1. The number of sulfonamides is 1. The molecule has 0 aliphatic carbocycles. The summed E-state index contributed by atoms with van der Waals surface area (Å²) < 4.78 is 30.0. The first-order valence-electron chi connectivity index (χ1n) is 7.62. The second-order valence-electron chi connectivity index (χ2n) is 5.72. The van der Waals surface area contributed by atoms with Gasteiger partial charge in [0.2, 0.25) is 15.6 Å². The van der Waals surface area contributed by atoms with Crippen LogP contribution in [0, 0.1) is 0 Å². The molecule has 1 heterocycles. The van der Waals surface area contributed by atoms with Crippen LogP contribution in [0.4, 0.5) is 5.69 Å². The summed E-state index contributed by atoms with van der Waals surface area (Å²) in [6, 6.07) is 15.8. The van der Waals surface area contributed by atoms with Crippen LogP contribution in [0.1, 0.15) is 5.56 Å². The fourth-order valence-corrected chi connectivity index (χ4v) is 3.01. The number of aromatic amines is 1. The van der Waals surface area contributed by atoms with Crippen molar-refractivity contribution in [2.24, 2.45) is 0 Å². The van der Waals surface area contributed by atoms with E-state index in [0.717, 1.165) is 22.7 Å². The van der Waals surface area contributed by atoms with E-state index < -0.39 is 10.0 Å². The molecular weight excluding hydrogens is 340 g/mol. The number of rotatable bonds is 5. The summed E-state index contributed by atoms with van der Waals surface area (Å²) in [6.45, 7) is 0.242. The Balaban J connectivity index is 1.80. The lowest BCUT2D eigenvalue weighted by molar-refractivity contribution is 0.307. The van der Waals surface area contributed by atoms with Crippen molar-refractivity contribution in [3.05, 3.63) is 70.5 Å². The lowest BCUT2D eigenvalue weighted by Gasteiger charge is -2.17. The summed E-state index contributed by atoms with van der Waals surface area (Å²) in [7, 11) is -1.81. The maximum atomic E-state index is 11.8. The molecule has 0 aliphatic rings. The Morgan fingerprint density at radius 2 is 1.76 bits per heavy atom. The van der Waals surface area contributed by atoms with Crippen molar-refractivity contribution in [1.29, 1.82) is 0 Å². The highest BCUT2D eigenvalue weighted by Crippen LogP contribution is 2.22. The molecule has 3 aromatic rings. The average Bonchev–Trinajstić information content (AvgIpc) is 2.58. The van der Waals surface area contributed by atoms with Crippen LogP contribution in [-0.2, 0) is 16.6 Å². The van der Waals surface area contributed by atoms with Crippen molar-refractivity contribution in [2.45, 2.75) is 6.61 Å². The predicted octanol–water partition coefficient (Wildman–Crippen LogP) is 2.50. The molecule has 1 aromatic heterocycles. The minimum atomic E-state index is -3.30. The quantitative estimate of drug-likeness (QED) is 0.760. The molecule has 0 saturated heterocycles. The van der Waals surface area contributed by atoms with Gasteiger partial charge in [-0.3, -0.25) is 9.10 Å². The molecule has 0 atom stereocenters. The van der Waals surface area contributed by atoms with E-state index in [1.807, 2.05) is 24.3 Å². The van der Waals surface area contributed by atoms with Crippen LogP contribution in [0.2, 0.25) is 0 Å². The van der Waals surface area contributed by atoms with E-state index in [0.29, 0.717) is 11.4 Å². The van der Waals surface area contributed by atoms with Gasteiger partial charge in [0.25, 0.3) is 0 Å². The summed E-state index contributed by atoms with van der Waals surface area (Å²) >= 11 is 0. The molecule has 130 valence electrons. The van der Waals surface area contributed by atoms with Gasteiger partial charge in [-0.2, -0.15) is 0 Å². The number of fused-ring (bicyclic) bond motifs is 1. The van der Waals surface area contributed by atoms with Crippen LogP contribution >= 0.6 is 0 Å². The number of nitrogens with one attached hydrogen (secondary N) is 1. The van der Waals surface area contributed by atoms with Crippen molar-refractivity contribution >= 4 is 26.6 Å². The van der Waals surface area contributed by atoms with Gasteiger partial charge in [0.15, 0.2) is 0 Å². The molecule has 0 spiro atoms.